The summed E-state index contributed by atoms with van der Waals surface area (Å²) in [7, 11) is 3.23. The highest BCUT2D eigenvalue weighted by Crippen LogP contribution is 2.17. The molecule has 2 rings (SSSR count). The van der Waals surface area contributed by atoms with Gasteiger partial charge in [0.2, 0.25) is 0 Å². The Morgan fingerprint density at radius 3 is 2.50 bits per heavy atom. The Morgan fingerprint density at radius 1 is 0.964 bits per heavy atom. The van der Waals surface area contributed by atoms with Crippen molar-refractivity contribution in [3.05, 3.63) is 59.7 Å². The predicted octanol–water partition coefficient (Wildman–Crippen LogP) is 2.19. The molecule has 0 unspecified atom stereocenters. The van der Waals surface area contributed by atoms with E-state index in [1.54, 1.807) is 38.5 Å². The van der Waals surface area contributed by atoms with E-state index in [0.29, 0.717) is 36.9 Å². The van der Waals surface area contributed by atoms with Crippen LogP contribution in [0.5, 0.6) is 11.5 Å². The highest BCUT2D eigenvalue weighted by atomic mass is 16.5. The molecule has 7 heteroatoms. The van der Waals surface area contributed by atoms with Gasteiger partial charge in [0, 0.05) is 30.8 Å². The number of nitrogens with one attached hydrogen (secondary N) is 3. The lowest BCUT2D eigenvalue weighted by molar-refractivity contribution is 0.0954. The molecule has 2 aromatic carbocycles. The third-order valence-corrected chi connectivity index (χ3v) is 3.98. The summed E-state index contributed by atoms with van der Waals surface area (Å²) in [6.07, 6.45) is 0. The average molecular weight is 384 g/mol. The molecular formula is C21H28N4O3. The Kier molecular flexibility index (Phi) is 8.65. The molecule has 0 saturated carbocycles. The largest absolute Gasteiger partial charge is 0.497 e. The highest BCUT2D eigenvalue weighted by Gasteiger charge is 2.06. The summed E-state index contributed by atoms with van der Waals surface area (Å²) in [4.78, 5) is 16.8. The number of hydrogen-bond donors (Lipinski definition) is 3. The third kappa shape index (κ3) is 6.50. The monoisotopic (exact) mass is 384 g/mol. The fourth-order valence-electron chi connectivity index (χ4n) is 2.56. The van der Waals surface area contributed by atoms with Gasteiger partial charge in [-0.1, -0.05) is 24.3 Å². The van der Waals surface area contributed by atoms with Crippen LogP contribution in [0.3, 0.4) is 0 Å². The number of rotatable bonds is 9. The lowest BCUT2D eigenvalue weighted by Gasteiger charge is -2.13. The summed E-state index contributed by atoms with van der Waals surface area (Å²) in [5, 5.41) is 9.29. The molecule has 0 spiro atoms. The van der Waals surface area contributed by atoms with Crippen molar-refractivity contribution in [2.45, 2.75) is 13.5 Å². The van der Waals surface area contributed by atoms with Gasteiger partial charge in [-0.25, -0.2) is 4.99 Å². The van der Waals surface area contributed by atoms with E-state index in [1.807, 2.05) is 31.2 Å². The Labute approximate surface area is 166 Å². The van der Waals surface area contributed by atoms with E-state index in [0.717, 1.165) is 17.9 Å². The van der Waals surface area contributed by atoms with E-state index in [9.17, 15) is 4.79 Å². The zero-order chi connectivity index (χ0) is 20.2. The third-order valence-electron chi connectivity index (χ3n) is 3.98. The number of ether oxygens (including phenoxy) is 2. The Bertz CT molecular complexity index is 793. The second kappa shape index (κ2) is 11.5. The molecular weight excluding hydrogens is 356 g/mol. The van der Waals surface area contributed by atoms with Gasteiger partial charge in [-0.2, -0.15) is 0 Å². The van der Waals surface area contributed by atoms with Gasteiger partial charge in [0.15, 0.2) is 5.96 Å². The number of methoxy groups -OCH3 is 2. The number of benzene rings is 2. The molecule has 2 aromatic rings. The standard InChI is InChI=1S/C21H28N4O3/c1-4-22-21(25-15-17-8-5-6-11-19(17)28-3)24-13-12-23-20(26)16-9-7-10-18(14-16)27-2/h5-11,14H,4,12-13,15H2,1-3H3,(H,23,26)(H2,22,24,25). The topological polar surface area (TPSA) is 84.0 Å². The summed E-state index contributed by atoms with van der Waals surface area (Å²) in [6.45, 7) is 4.26. The minimum atomic E-state index is -0.142. The summed E-state index contributed by atoms with van der Waals surface area (Å²) in [6, 6.07) is 14.9. The molecule has 0 aromatic heterocycles. The second-order valence-corrected chi connectivity index (χ2v) is 5.92. The molecule has 7 nitrogen and oxygen atoms in total. The number of carbonyl (C=O) groups excluding carboxylic acids is 1. The molecule has 0 saturated heterocycles. The Hall–Kier alpha value is -3.22. The number of hydrogen-bond acceptors (Lipinski definition) is 4. The van der Waals surface area contributed by atoms with Crippen LogP contribution in [0.4, 0.5) is 0 Å². The minimum absolute atomic E-state index is 0.142. The maximum atomic E-state index is 12.2. The van der Waals surface area contributed by atoms with Gasteiger partial charge in [-0.05, 0) is 31.2 Å². The van der Waals surface area contributed by atoms with Crippen LogP contribution in [0.15, 0.2) is 53.5 Å². The molecule has 0 heterocycles. The molecule has 28 heavy (non-hydrogen) atoms. The maximum absolute atomic E-state index is 12.2. The van der Waals surface area contributed by atoms with E-state index >= 15 is 0 Å². The number of aliphatic imine (C=N–C) groups is 1. The molecule has 1 amide bonds. The van der Waals surface area contributed by atoms with Gasteiger partial charge in [0.1, 0.15) is 11.5 Å². The molecule has 0 aliphatic heterocycles. The van der Waals surface area contributed by atoms with Crippen LogP contribution in [0, 0.1) is 0 Å². The van der Waals surface area contributed by atoms with Crippen molar-refractivity contribution in [2.75, 3.05) is 33.9 Å². The molecule has 3 N–H and O–H groups in total. The van der Waals surface area contributed by atoms with Crippen LogP contribution < -0.4 is 25.4 Å². The number of guanidine groups is 1. The van der Waals surface area contributed by atoms with Crippen LogP contribution in [-0.2, 0) is 6.54 Å². The zero-order valence-electron chi connectivity index (χ0n) is 16.6. The summed E-state index contributed by atoms with van der Waals surface area (Å²) < 4.78 is 10.5. The van der Waals surface area contributed by atoms with Crippen molar-refractivity contribution >= 4 is 11.9 Å². The number of para-hydroxylation sites is 1. The van der Waals surface area contributed by atoms with Crippen molar-refractivity contribution in [2.24, 2.45) is 4.99 Å². The predicted molar refractivity (Wildman–Crippen MR) is 111 cm³/mol. The first-order valence-corrected chi connectivity index (χ1v) is 9.24. The van der Waals surface area contributed by atoms with Crippen molar-refractivity contribution in [3.8, 4) is 11.5 Å². The first-order valence-electron chi connectivity index (χ1n) is 9.24. The zero-order valence-corrected chi connectivity index (χ0v) is 16.6. The van der Waals surface area contributed by atoms with Crippen molar-refractivity contribution in [1.29, 1.82) is 0 Å². The van der Waals surface area contributed by atoms with Gasteiger partial charge in [0.25, 0.3) is 5.91 Å². The molecule has 0 atom stereocenters. The number of amides is 1. The highest BCUT2D eigenvalue weighted by molar-refractivity contribution is 5.94. The van der Waals surface area contributed by atoms with Crippen LogP contribution >= 0.6 is 0 Å². The fraction of sp³-hybridized carbons (Fsp3) is 0.333. The van der Waals surface area contributed by atoms with Crippen LogP contribution in [0.2, 0.25) is 0 Å². The summed E-state index contributed by atoms with van der Waals surface area (Å²) in [5.74, 6) is 2.01. The first-order chi connectivity index (χ1) is 13.7. The van der Waals surface area contributed by atoms with E-state index in [1.165, 1.54) is 0 Å². The molecule has 150 valence electrons. The van der Waals surface area contributed by atoms with Crippen LogP contribution in [-0.4, -0.2) is 45.7 Å². The van der Waals surface area contributed by atoms with Gasteiger partial charge in [-0.15, -0.1) is 0 Å². The average Bonchev–Trinajstić information content (AvgIpc) is 2.74. The maximum Gasteiger partial charge on any atom is 0.251 e. The van der Waals surface area contributed by atoms with E-state index in [4.69, 9.17) is 9.47 Å². The first kappa shape index (κ1) is 21.1. The summed E-state index contributed by atoms with van der Waals surface area (Å²) >= 11 is 0. The molecule has 0 fully saturated rings. The van der Waals surface area contributed by atoms with Gasteiger partial charge in [0.05, 0.1) is 20.8 Å². The Morgan fingerprint density at radius 2 is 1.75 bits per heavy atom. The van der Waals surface area contributed by atoms with E-state index in [-0.39, 0.29) is 5.91 Å². The minimum Gasteiger partial charge on any atom is -0.497 e. The molecule has 0 radical (unpaired) electrons. The van der Waals surface area contributed by atoms with E-state index < -0.39 is 0 Å². The lowest BCUT2D eigenvalue weighted by Crippen LogP contribution is -2.41. The summed E-state index contributed by atoms with van der Waals surface area (Å²) in [5.41, 5.74) is 1.57. The van der Waals surface area contributed by atoms with Crippen molar-refractivity contribution < 1.29 is 14.3 Å². The van der Waals surface area contributed by atoms with Gasteiger partial charge >= 0.3 is 0 Å². The fourth-order valence-corrected chi connectivity index (χ4v) is 2.56. The van der Waals surface area contributed by atoms with Gasteiger partial charge < -0.3 is 25.4 Å². The van der Waals surface area contributed by atoms with E-state index in [2.05, 4.69) is 20.9 Å². The van der Waals surface area contributed by atoms with Crippen LogP contribution in [0.1, 0.15) is 22.8 Å². The SMILES string of the molecule is CCNC(=NCc1ccccc1OC)NCCNC(=O)c1cccc(OC)c1. The molecule has 0 bridgehead atoms. The van der Waals surface area contributed by atoms with Gasteiger partial charge in [-0.3, -0.25) is 4.79 Å². The molecule has 0 aliphatic carbocycles. The Balaban J connectivity index is 1.84. The lowest BCUT2D eigenvalue weighted by atomic mass is 10.2. The second-order valence-electron chi connectivity index (χ2n) is 5.92. The normalized spacial score (nSPS) is 10.9. The number of nitrogens with zero attached hydrogens (tertiary/aromatic N) is 1. The smallest absolute Gasteiger partial charge is 0.251 e. The van der Waals surface area contributed by atoms with Crippen molar-refractivity contribution in [3.63, 3.8) is 0 Å². The van der Waals surface area contributed by atoms with Crippen molar-refractivity contribution in [1.82, 2.24) is 16.0 Å². The van der Waals surface area contributed by atoms with Crippen LogP contribution in [0.25, 0.3) is 0 Å². The quantitative estimate of drug-likeness (QED) is 0.351. The number of carbonyl (C=O) groups is 1. The molecule has 0 aliphatic rings.